The summed E-state index contributed by atoms with van der Waals surface area (Å²) in [5.74, 6) is 1.99. The fourth-order valence-electron chi connectivity index (χ4n) is 3.54. The van der Waals surface area contributed by atoms with Crippen molar-refractivity contribution in [1.82, 2.24) is 4.90 Å². The van der Waals surface area contributed by atoms with Crippen molar-refractivity contribution in [2.45, 2.75) is 26.2 Å². The lowest BCUT2D eigenvalue weighted by atomic mass is 9.90. The van der Waals surface area contributed by atoms with Crippen molar-refractivity contribution >= 4 is 5.91 Å². The number of carbonyl (C=O) groups excluding carboxylic acids is 1. The highest BCUT2D eigenvalue weighted by Crippen LogP contribution is 2.28. The molecule has 1 heterocycles. The second-order valence-electron chi connectivity index (χ2n) is 6.72. The van der Waals surface area contributed by atoms with Crippen LogP contribution in [0.15, 0.2) is 48.5 Å². The zero-order valence-electron chi connectivity index (χ0n) is 15.6. The molecular formula is C22H27NO3. The average Bonchev–Trinajstić information content (AvgIpc) is 2.69. The summed E-state index contributed by atoms with van der Waals surface area (Å²) < 4.78 is 10.9. The topological polar surface area (TPSA) is 38.8 Å². The summed E-state index contributed by atoms with van der Waals surface area (Å²) in [6.07, 6.45) is 3.18. The van der Waals surface area contributed by atoms with Gasteiger partial charge in [0.05, 0.1) is 19.3 Å². The van der Waals surface area contributed by atoms with E-state index in [9.17, 15) is 4.79 Å². The number of methoxy groups -OCH3 is 1. The number of nitrogens with zero attached hydrogens (tertiary/aromatic N) is 1. The van der Waals surface area contributed by atoms with E-state index in [2.05, 4.69) is 30.3 Å². The molecule has 1 fully saturated rings. The fraction of sp³-hybridized carbons (Fsp3) is 0.409. The van der Waals surface area contributed by atoms with Crippen LogP contribution in [0.2, 0.25) is 0 Å². The van der Waals surface area contributed by atoms with E-state index >= 15 is 0 Å². The Morgan fingerprint density at radius 1 is 1.12 bits per heavy atom. The summed E-state index contributed by atoms with van der Waals surface area (Å²) in [4.78, 5) is 14.9. The minimum Gasteiger partial charge on any atom is -0.497 e. The molecule has 2 aromatic carbocycles. The number of rotatable bonds is 6. The van der Waals surface area contributed by atoms with Crippen LogP contribution < -0.4 is 9.47 Å². The Hall–Kier alpha value is -2.49. The zero-order valence-corrected chi connectivity index (χ0v) is 15.6. The van der Waals surface area contributed by atoms with E-state index in [4.69, 9.17) is 9.47 Å². The highest BCUT2D eigenvalue weighted by Gasteiger charge is 2.25. The lowest BCUT2D eigenvalue weighted by Gasteiger charge is -2.32. The van der Waals surface area contributed by atoms with Crippen LogP contribution in [0.3, 0.4) is 0 Å². The normalized spacial score (nSPS) is 14.9. The predicted octanol–water partition coefficient (Wildman–Crippen LogP) is 4.19. The number of hydrogen-bond acceptors (Lipinski definition) is 3. The Morgan fingerprint density at radius 3 is 2.50 bits per heavy atom. The summed E-state index contributed by atoms with van der Waals surface area (Å²) >= 11 is 0. The minimum absolute atomic E-state index is 0.0502. The van der Waals surface area contributed by atoms with Gasteiger partial charge in [0.1, 0.15) is 11.5 Å². The Balaban J connectivity index is 1.63. The van der Waals surface area contributed by atoms with Gasteiger partial charge < -0.3 is 14.4 Å². The van der Waals surface area contributed by atoms with Crippen molar-refractivity contribution < 1.29 is 14.3 Å². The van der Waals surface area contributed by atoms with Crippen LogP contribution in [0.5, 0.6) is 11.5 Å². The molecule has 1 aliphatic rings. The molecule has 1 saturated heterocycles. The largest absolute Gasteiger partial charge is 0.497 e. The molecule has 4 heteroatoms. The number of amides is 1. The molecule has 0 saturated carbocycles. The van der Waals surface area contributed by atoms with E-state index in [1.165, 1.54) is 5.56 Å². The van der Waals surface area contributed by atoms with Gasteiger partial charge in [0.15, 0.2) is 0 Å². The number of ether oxygens (including phenoxy) is 2. The Kier molecular flexibility index (Phi) is 6.16. The second kappa shape index (κ2) is 8.75. The molecule has 0 unspecified atom stereocenters. The smallest absolute Gasteiger partial charge is 0.257 e. The molecule has 1 amide bonds. The predicted molar refractivity (Wildman–Crippen MR) is 103 cm³/mol. The lowest BCUT2D eigenvalue weighted by molar-refractivity contribution is 0.0686. The van der Waals surface area contributed by atoms with Crippen molar-refractivity contribution in [2.75, 3.05) is 26.8 Å². The van der Waals surface area contributed by atoms with Crippen molar-refractivity contribution in [3.05, 3.63) is 59.7 Å². The monoisotopic (exact) mass is 353 g/mol. The summed E-state index contributed by atoms with van der Waals surface area (Å²) in [6.45, 7) is 4.04. The van der Waals surface area contributed by atoms with Crippen LogP contribution in [0, 0.1) is 5.92 Å². The number of carbonyl (C=O) groups is 1. The first-order chi connectivity index (χ1) is 12.7. The van der Waals surface area contributed by atoms with Gasteiger partial charge in [-0.15, -0.1) is 0 Å². The van der Waals surface area contributed by atoms with E-state index in [1.807, 2.05) is 24.0 Å². The molecule has 0 spiro atoms. The van der Waals surface area contributed by atoms with E-state index in [1.54, 1.807) is 13.2 Å². The molecule has 0 bridgehead atoms. The first-order valence-corrected chi connectivity index (χ1v) is 9.35. The third-order valence-corrected chi connectivity index (χ3v) is 4.99. The van der Waals surface area contributed by atoms with Gasteiger partial charge in [-0.2, -0.15) is 0 Å². The van der Waals surface area contributed by atoms with Crippen LogP contribution in [0.4, 0.5) is 0 Å². The van der Waals surface area contributed by atoms with E-state index in [-0.39, 0.29) is 5.91 Å². The maximum absolute atomic E-state index is 13.0. The molecule has 2 aromatic rings. The SMILES string of the molecule is CCOc1cc(OC)ccc1C(=O)N1CCC(Cc2ccccc2)CC1. The van der Waals surface area contributed by atoms with Crippen LogP contribution in [0.1, 0.15) is 35.7 Å². The summed E-state index contributed by atoms with van der Waals surface area (Å²) in [6, 6.07) is 16.0. The Labute approximate surface area is 155 Å². The Morgan fingerprint density at radius 2 is 1.85 bits per heavy atom. The van der Waals surface area contributed by atoms with Crippen LogP contribution in [0.25, 0.3) is 0 Å². The molecule has 0 atom stereocenters. The first kappa shape index (κ1) is 18.3. The highest BCUT2D eigenvalue weighted by molar-refractivity contribution is 5.97. The molecule has 3 rings (SSSR count). The standard InChI is InChI=1S/C22H27NO3/c1-3-26-21-16-19(25-2)9-10-20(21)22(24)23-13-11-18(12-14-23)15-17-7-5-4-6-8-17/h4-10,16,18H,3,11-15H2,1-2H3. The lowest BCUT2D eigenvalue weighted by Crippen LogP contribution is -2.39. The number of likely N-dealkylation sites (tertiary alicyclic amines) is 1. The molecule has 4 nitrogen and oxygen atoms in total. The van der Waals surface area contributed by atoms with Gasteiger partial charge in [-0.25, -0.2) is 0 Å². The summed E-state index contributed by atoms with van der Waals surface area (Å²) in [5, 5.41) is 0. The number of piperidine rings is 1. The third kappa shape index (κ3) is 4.37. The van der Waals surface area contributed by atoms with E-state index < -0.39 is 0 Å². The van der Waals surface area contributed by atoms with Gasteiger partial charge in [-0.1, -0.05) is 30.3 Å². The molecule has 0 radical (unpaired) electrons. The van der Waals surface area contributed by atoms with Crippen molar-refractivity contribution in [3.63, 3.8) is 0 Å². The fourth-order valence-corrected chi connectivity index (χ4v) is 3.54. The van der Waals surface area contributed by atoms with Gasteiger partial charge in [0, 0.05) is 19.2 Å². The second-order valence-corrected chi connectivity index (χ2v) is 6.72. The quantitative estimate of drug-likeness (QED) is 0.782. The molecule has 138 valence electrons. The Bertz CT molecular complexity index is 721. The van der Waals surface area contributed by atoms with Gasteiger partial charge in [-0.05, 0) is 49.8 Å². The average molecular weight is 353 g/mol. The van der Waals surface area contributed by atoms with Gasteiger partial charge in [0.2, 0.25) is 0 Å². The minimum atomic E-state index is 0.0502. The summed E-state index contributed by atoms with van der Waals surface area (Å²) in [7, 11) is 1.62. The maximum atomic E-state index is 13.0. The molecule has 1 aliphatic heterocycles. The molecular weight excluding hydrogens is 326 g/mol. The van der Waals surface area contributed by atoms with Crippen molar-refractivity contribution in [2.24, 2.45) is 5.92 Å². The first-order valence-electron chi connectivity index (χ1n) is 9.35. The molecule has 0 aromatic heterocycles. The third-order valence-electron chi connectivity index (χ3n) is 4.99. The highest BCUT2D eigenvalue weighted by atomic mass is 16.5. The maximum Gasteiger partial charge on any atom is 0.257 e. The van der Waals surface area contributed by atoms with Crippen LogP contribution in [-0.2, 0) is 6.42 Å². The molecule has 0 N–H and O–H groups in total. The molecule has 0 aliphatic carbocycles. The van der Waals surface area contributed by atoms with E-state index in [0.29, 0.717) is 29.6 Å². The van der Waals surface area contributed by atoms with Crippen molar-refractivity contribution in [3.8, 4) is 11.5 Å². The van der Waals surface area contributed by atoms with Gasteiger partial charge >= 0.3 is 0 Å². The van der Waals surface area contributed by atoms with E-state index in [0.717, 1.165) is 32.4 Å². The van der Waals surface area contributed by atoms with Crippen molar-refractivity contribution in [1.29, 1.82) is 0 Å². The van der Waals surface area contributed by atoms with Crippen LogP contribution >= 0.6 is 0 Å². The van der Waals surface area contributed by atoms with Gasteiger partial charge in [-0.3, -0.25) is 4.79 Å². The number of benzene rings is 2. The molecule has 26 heavy (non-hydrogen) atoms. The summed E-state index contributed by atoms with van der Waals surface area (Å²) in [5.41, 5.74) is 2.00. The van der Waals surface area contributed by atoms with Crippen LogP contribution in [-0.4, -0.2) is 37.6 Å². The number of hydrogen-bond donors (Lipinski definition) is 0. The zero-order chi connectivity index (χ0) is 18.4. The van der Waals surface area contributed by atoms with Gasteiger partial charge in [0.25, 0.3) is 5.91 Å².